The molecule has 52 heavy (non-hydrogen) atoms. The SMILES string of the molecule is COOSc1ncc2cc(Oc3ccccc3F)c(=O)n(C)c2n1.CSCCC(CO)Nc1ncc2cc(Oc3ccccc3F)c(=O)n(C)c2n1. The molecule has 0 saturated carbocycles. The molecule has 2 N–H and O–H groups in total. The summed E-state index contributed by atoms with van der Waals surface area (Å²) in [5.74, 6) is 0.00442. The Morgan fingerprint density at radius 1 is 0.827 bits per heavy atom. The van der Waals surface area contributed by atoms with E-state index < -0.39 is 22.8 Å². The van der Waals surface area contributed by atoms with Gasteiger partial charge in [0.15, 0.2) is 34.6 Å². The van der Waals surface area contributed by atoms with Crippen LogP contribution in [0.3, 0.4) is 0 Å². The van der Waals surface area contributed by atoms with Crippen molar-refractivity contribution in [2.45, 2.75) is 17.6 Å². The number of hydrogen-bond donors (Lipinski definition) is 2. The van der Waals surface area contributed by atoms with Crippen LogP contribution in [0, 0.1) is 11.6 Å². The molecule has 0 radical (unpaired) electrons. The Bertz CT molecular complexity index is 2290. The van der Waals surface area contributed by atoms with E-state index in [1.165, 1.54) is 72.0 Å². The lowest BCUT2D eigenvalue weighted by atomic mass is 10.2. The minimum absolute atomic E-state index is 0.0161. The predicted molar refractivity (Wildman–Crippen MR) is 194 cm³/mol. The fraction of sp³-hybridized carbons (Fsp3) is 0.235. The molecular formula is C34H33F2N7O7S2. The number of hydrogen-bond acceptors (Lipinski definition) is 14. The highest BCUT2D eigenvalue weighted by molar-refractivity contribution is 7.98. The lowest BCUT2D eigenvalue weighted by Gasteiger charge is -2.16. The lowest BCUT2D eigenvalue weighted by Crippen LogP contribution is -2.26. The molecule has 14 nitrogen and oxygen atoms in total. The van der Waals surface area contributed by atoms with Crippen LogP contribution in [-0.2, 0) is 23.3 Å². The summed E-state index contributed by atoms with van der Waals surface area (Å²) in [6.45, 7) is -0.0453. The average Bonchev–Trinajstić information content (AvgIpc) is 3.15. The summed E-state index contributed by atoms with van der Waals surface area (Å²) >= 11 is 2.51. The zero-order chi connectivity index (χ0) is 37.2. The number of benzene rings is 2. The van der Waals surface area contributed by atoms with E-state index in [9.17, 15) is 23.5 Å². The Hall–Kier alpha value is -5.14. The van der Waals surface area contributed by atoms with Crippen molar-refractivity contribution in [1.29, 1.82) is 0 Å². The van der Waals surface area contributed by atoms with Crippen molar-refractivity contribution in [1.82, 2.24) is 29.1 Å². The van der Waals surface area contributed by atoms with Crippen molar-refractivity contribution < 1.29 is 32.6 Å². The predicted octanol–water partition coefficient (Wildman–Crippen LogP) is 5.63. The average molecular weight is 754 g/mol. The van der Waals surface area contributed by atoms with Gasteiger partial charge in [0.05, 0.1) is 19.8 Å². The molecule has 6 aromatic rings. The fourth-order valence-corrected chi connectivity index (χ4v) is 5.55. The summed E-state index contributed by atoms with van der Waals surface area (Å²) < 4.78 is 45.7. The van der Waals surface area contributed by atoms with Crippen molar-refractivity contribution >= 4 is 51.8 Å². The van der Waals surface area contributed by atoms with Gasteiger partial charge in [-0.1, -0.05) is 24.3 Å². The first kappa shape index (κ1) is 38.1. The van der Waals surface area contributed by atoms with E-state index in [0.717, 1.165) is 24.2 Å². The molecule has 2 aromatic carbocycles. The van der Waals surface area contributed by atoms with E-state index in [1.54, 1.807) is 43.2 Å². The third-order valence-electron chi connectivity index (χ3n) is 7.32. The van der Waals surface area contributed by atoms with Crippen LogP contribution >= 0.6 is 23.8 Å². The lowest BCUT2D eigenvalue weighted by molar-refractivity contribution is -0.160. The van der Waals surface area contributed by atoms with Gasteiger partial charge in [0.2, 0.25) is 11.1 Å². The number of aliphatic hydroxyl groups is 1. The molecule has 0 aliphatic heterocycles. The molecule has 0 spiro atoms. The Morgan fingerprint density at radius 3 is 1.88 bits per heavy atom. The van der Waals surface area contributed by atoms with Crippen LogP contribution in [0.4, 0.5) is 14.7 Å². The number of ether oxygens (including phenoxy) is 2. The van der Waals surface area contributed by atoms with E-state index in [1.807, 2.05) is 6.26 Å². The number of pyridine rings is 2. The summed E-state index contributed by atoms with van der Waals surface area (Å²) in [7, 11) is 4.46. The molecule has 0 aliphatic carbocycles. The van der Waals surface area contributed by atoms with Crippen molar-refractivity contribution in [3.05, 3.63) is 105 Å². The second-order valence-electron chi connectivity index (χ2n) is 10.8. The number of fused-ring (bicyclic) bond motifs is 2. The van der Waals surface area contributed by atoms with Gasteiger partial charge in [-0.15, -0.1) is 0 Å². The second kappa shape index (κ2) is 17.9. The zero-order valence-electron chi connectivity index (χ0n) is 28.3. The molecule has 0 fully saturated rings. The molecule has 4 heterocycles. The van der Waals surface area contributed by atoms with Crippen LogP contribution in [0.2, 0.25) is 0 Å². The van der Waals surface area contributed by atoms with Gasteiger partial charge in [-0.2, -0.15) is 21.1 Å². The molecule has 1 atom stereocenters. The summed E-state index contributed by atoms with van der Waals surface area (Å²) in [5.41, 5.74) is -0.0995. The van der Waals surface area contributed by atoms with Gasteiger partial charge in [0.25, 0.3) is 11.1 Å². The Kier molecular flexibility index (Phi) is 13.1. The number of rotatable bonds is 13. The number of anilines is 1. The second-order valence-corrected chi connectivity index (χ2v) is 12.5. The maximum Gasteiger partial charge on any atom is 0.294 e. The molecule has 4 aromatic heterocycles. The topological polar surface area (TPSA) is 165 Å². The van der Waals surface area contributed by atoms with Crippen LogP contribution < -0.4 is 25.9 Å². The number of para-hydroxylation sites is 2. The number of nitrogens with zero attached hydrogens (tertiary/aromatic N) is 6. The third kappa shape index (κ3) is 9.20. The van der Waals surface area contributed by atoms with Gasteiger partial charge in [0, 0.05) is 37.3 Å². The molecule has 1 unspecified atom stereocenters. The molecule has 6 rings (SSSR count). The highest BCUT2D eigenvalue weighted by atomic mass is 32.2. The molecule has 0 bridgehead atoms. The molecule has 18 heteroatoms. The Morgan fingerprint density at radius 2 is 1.37 bits per heavy atom. The van der Waals surface area contributed by atoms with E-state index in [2.05, 4.69) is 30.1 Å². The summed E-state index contributed by atoms with van der Waals surface area (Å²) in [5, 5.41) is 14.0. The van der Waals surface area contributed by atoms with E-state index in [0.29, 0.717) is 28.0 Å². The zero-order valence-corrected chi connectivity index (χ0v) is 29.9. The number of halogens is 2. The van der Waals surface area contributed by atoms with Crippen LogP contribution in [0.5, 0.6) is 23.0 Å². The number of aromatic nitrogens is 6. The van der Waals surface area contributed by atoms with Crippen molar-refractivity contribution in [2.75, 3.05) is 31.0 Å². The van der Waals surface area contributed by atoms with Gasteiger partial charge in [0.1, 0.15) is 23.3 Å². The highest BCUT2D eigenvalue weighted by Crippen LogP contribution is 2.26. The minimum atomic E-state index is -0.556. The fourth-order valence-electron chi connectivity index (χ4n) is 4.68. The van der Waals surface area contributed by atoms with Crippen LogP contribution in [0.25, 0.3) is 22.1 Å². The molecule has 272 valence electrons. The van der Waals surface area contributed by atoms with E-state index >= 15 is 0 Å². The maximum atomic E-state index is 13.8. The first-order chi connectivity index (χ1) is 25.1. The number of thioether (sulfide) groups is 1. The van der Waals surface area contributed by atoms with Crippen molar-refractivity contribution in [3.8, 4) is 23.0 Å². The van der Waals surface area contributed by atoms with Crippen LogP contribution in [0.1, 0.15) is 6.42 Å². The number of aryl methyl sites for hydroxylation is 2. The monoisotopic (exact) mass is 753 g/mol. The molecule has 0 aliphatic rings. The molecule has 0 saturated heterocycles. The molecule has 0 amide bonds. The van der Waals surface area contributed by atoms with Crippen molar-refractivity contribution in [3.63, 3.8) is 0 Å². The van der Waals surface area contributed by atoms with Crippen LogP contribution in [0.15, 0.2) is 87.8 Å². The maximum absolute atomic E-state index is 13.8. The number of nitrogens with one attached hydrogen (secondary N) is 1. The van der Waals surface area contributed by atoms with E-state index in [4.69, 9.17) is 13.8 Å². The van der Waals surface area contributed by atoms with Gasteiger partial charge in [-0.25, -0.2) is 28.6 Å². The normalized spacial score (nSPS) is 11.6. The largest absolute Gasteiger partial charge is 0.448 e. The van der Waals surface area contributed by atoms with Crippen LogP contribution in [-0.4, -0.2) is 65.9 Å². The van der Waals surface area contributed by atoms with E-state index in [-0.39, 0.29) is 40.8 Å². The van der Waals surface area contributed by atoms with Gasteiger partial charge >= 0.3 is 0 Å². The Balaban J connectivity index is 0.000000203. The first-order valence-electron chi connectivity index (χ1n) is 15.5. The van der Waals surface area contributed by atoms with Gasteiger partial charge < -0.3 is 19.9 Å². The summed E-state index contributed by atoms with van der Waals surface area (Å²) in [6.07, 6.45) is 5.82. The summed E-state index contributed by atoms with van der Waals surface area (Å²) in [6, 6.07) is 14.5. The standard InChI is InChI=1S/C19H21FN4O3S.C15H12FN3O4S/c1-24-17-12(10-21-19(23-17)22-13(11-25)7-8-28-2)9-16(18(24)26)27-15-6-4-3-5-14(15)20;1-19-13-9(8-17-15(18-13)24-23-21-2)7-12(14(19)20)22-11-6-4-3-5-10(11)16/h3-6,9-10,13,25H,7-8,11H2,1-2H3,(H,21,22,23);3-8H,1-2H3. The molecular weight excluding hydrogens is 721 g/mol. The van der Waals surface area contributed by atoms with Gasteiger partial charge in [-0.05, 0) is 54.8 Å². The quantitative estimate of drug-likeness (QED) is 0.0645. The van der Waals surface area contributed by atoms with Crippen molar-refractivity contribution in [2.24, 2.45) is 14.1 Å². The summed E-state index contributed by atoms with van der Waals surface area (Å²) in [4.78, 5) is 46.5. The highest BCUT2D eigenvalue weighted by Gasteiger charge is 2.16. The first-order valence-corrected chi connectivity index (χ1v) is 17.6. The minimum Gasteiger partial charge on any atom is -0.448 e. The Labute approximate surface area is 303 Å². The van der Waals surface area contributed by atoms with Gasteiger partial charge in [-0.3, -0.25) is 18.7 Å². The third-order valence-corrected chi connectivity index (χ3v) is 8.52. The smallest absolute Gasteiger partial charge is 0.294 e. The number of aliphatic hydroxyl groups excluding tert-OH is 1.